The summed E-state index contributed by atoms with van der Waals surface area (Å²) in [6.07, 6.45) is 18.6. The van der Waals surface area contributed by atoms with Gasteiger partial charge in [0.2, 0.25) is 0 Å². The van der Waals surface area contributed by atoms with E-state index in [1.54, 1.807) is 0 Å². The Hall–Kier alpha value is -2.58. The van der Waals surface area contributed by atoms with Gasteiger partial charge in [-0.3, -0.25) is 0 Å². The predicted octanol–water partition coefficient (Wildman–Crippen LogP) is 12.0. The van der Waals surface area contributed by atoms with Crippen LogP contribution >= 0.6 is 0 Å². The van der Waals surface area contributed by atoms with Crippen LogP contribution in [0.2, 0.25) is 0 Å². The number of unbranched alkanes of at least 4 members (excludes halogenated alkanes) is 12. The molecule has 3 aromatic carbocycles. The predicted molar refractivity (Wildman–Crippen MR) is 173 cm³/mol. The summed E-state index contributed by atoms with van der Waals surface area (Å²) in [5.74, 6) is 0.964. The fraction of sp³-hybridized carbons (Fsp3) is 0.526. The molecule has 0 bridgehead atoms. The fourth-order valence-corrected chi connectivity index (χ4v) is 5.32. The summed E-state index contributed by atoms with van der Waals surface area (Å²) in [6, 6.07) is 26.2. The molecule has 3 rings (SSSR count). The maximum atomic E-state index is 6.06. The topological polar surface area (TPSA) is 18.5 Å². The van der Waals surface area contributed by atoms with Gasteiger partial charge in [0.1, 0.15) is 5.75 Å². The Morgan fingerprint density at radius 2 is 0.950 bits per heavy atom. The van der Waals surface area contributed by atoms with Gasteiger partial charge in [-0.15, -0.1) is 0 Å². The summed E-state index contributed by atoms with van der Waals surface area (Å²) in [5.41, 5.74) is 6.18. The van der Waals surface area contributed by atoms with Crippen LogP contribution in [0.1, 0.15) is 122 Å². The SMILES string of the molecule is CCCCCCCCCCCCCOc1ccc(-c2ccccc2-c2ccc(C(C)OCCCCC)cc2)cc1. The lowest BCUT2D eigenvalue weighted by Crippen LogP contribution is -2.01. The van der Waals surface area contributed by atoms with E-state index in [0.717, 1.165) is 31.8 Å². The molecule has 0 radical (unpaired) electrons. The summed E-state index contributed by atoms with van der Waals surface area (Å²) in [7, 11) is 0. The van der Waals surface area contributed by atoms with E-state index in [4.69, 9.17) is 9.47 Å². The minimum absolute atomic E-state index is 0.124. The average molecular weight is 543 g/mol. The molecular weight excluding hydrogens is 488 g/mol. The Labute approximate surface area is 245 Å². The zero-order valence-electron chi connectivity index (χ0n) is 25.6. The first-order valence-electron chi connectivity index (χ1n) is 16.3. The van der Waals surface area contributed by atoms with E-state index in [1.807, 2.05) is 0 Å². The van der Waals surface area contributed by atoms with Crippen molar-refractivity contribution in [2.24, 2.45) is 0 Å². The van der Waals surface area contributed by atoms with Crippen molar-refractivity contribution < 1.29 is 9.47 Å². The van der Waals surface area contributed by atoms with Crippen LogP contribution in [0.3, 0.4) is 0 Å². The largest absolute Gasteiger partial charge is 0.494 e. The fourth-order valence-electron chi connectivity index (χ4n) is 5.32. The van der Waals surface area contributed by atoms with Crippen LogP contribution in [0.25, 0.3) is 22.3 Å². The minimum Gasteiger partial charge on any atom is -0.494 e. The molecule has 3 aromatic rings. The van der Waals surface area contributed by atoms with Crippen molar-refractivity contribution >= 4 is 0 Å². The van der Waals surface area contributed by atoms with Crippen molar-refractivity contribution in [2.45, 2.75) is 117 Å². The van der Waals surface area contributed by atoms with Crippen LogP contribution in [0, 0.1) is 0 Å². The summed E-state index contributed by atoms with van der Waals surface area (Å²) < 4.78 is 12.1. The van der Waals surface area contributed by atoms with Gasteiger partial charge in [-0.1, -0.05) is 152 Å². The van der Waals surface area contributed by atoms with Crippen molar-refractivity contribution in [3.05, 3.63) is 78.4 Å². The second kappa shape index (κ2) is 19.5. The van der Waals surface area contributed by atoms with E-state index in [9.17, 15) is 0 Å². The lowest BCUT2D eigenvalue weighted by molar-refractivity contribution is 0.0630. The van der Waals surface area contributed by atoms with Gasteiger partial charge in [-0.25, -0.2) is 0 Å². The third kappa shape index (κ3) is 11.5. The molecule has 1 unspecified atom stereocenters. The van der Waals surface area contributed by atoms with E-state index in [0.29, 0.717) is 0 Å². The Bertz CT molecular complexity index is 1040. The summed E-state index contributed by atoms with van der Waals surface area (Å²) in [6.45, 7) is 8.30. The maximum Gasteiger partial charge on any atom is 0.119 e. The summed E-state index contributed by atoms with van der Waals surface area (Å²) >= 11 is 0. The highest BCUT2D eigenvalue weighted by atomic mass is 16.5. The Balaban J connectivity index is 1.43. The van der Waals surface area contributed by atoms with Crippen LogP contribution in [-0.4, -0.2) is 13.2 Å². The highest BCUT2D eigenvalue weighted by molar-refractivity contribution is 5.83. The average Bonchev–Trinajstić information content (AvgIpc) is 3.00. The number of hydrogen-bond acceptors (Lipinski definition) is 2. The second-order valence-electron chi connectivity index (χ2n) is 11.3. The molecule has 0 saturated heterocycles. The normalized spacial score (nSPS) is 12.0. The lowest BCUT2D eigenvalue weighted by Gasteiger charge is -2.15. The smallest absolute Gasteiger partial charge is 0.119 e. The zero-order chi connectivity index (χ0) is 28.3. The number of benzene rings is 3. The van der Waals surface area contributed by atoms with E-state index in [2.05, 4.69) is 93.6 Å². The van der Waals surface area contributed by atoms with Crippen LogP contribution in [-0.2, 0) is 4.74 Å². The van der Waals surface area contributed by atoms with Crippen molar-refractivity contribution in [3.63, 3.8) is 0 Å². The molecule has 218 valence electrons. The molecule has 0 fully saturated rings. The van der Waals surface area contributed by atoms with Crippen molar-refractivity contribution in [2.75, 3.05) is 13.2 Å². The van der Waals surface area contributed by atoms with Gasteiger partial charge in [0.05, 0.1) is 12.7 Å². The molecule has 0 aliphatic heterocycles. The standard InChI is InChI=1S/C38H54O2/c1-4-6-8-9-10-11-12-13-14-15-19-31-40-36-28-26-35(27-29-36)38-21-17-16-20-37(38)34-24-22-33(23-25-34)32(3)39-30-18-7-5-2/h16-17,20-29,32H,4-15,18-19,30-31H2,1-3H3. The Morgan fingerprint density at radius 3 is 1.50 bits per heavy atom. The first-order chi connectivity index (χ1) is 19.7. The van der Waals surface area contributed by atoms with E-state index < -0.39 is 0 Å². The molecule has 1 atom stereocenters. The number of ether oxygens (including phenoxy) is 2. The molecule has 2 heteroatoms. The molecule has 2 nitrogen and oxygen atoms in total. The first-order valence-corrected chi connectivity index (χ1v) is 16.3. The Kier molecular flexibility index (Phi) is 15.6. The molecule has 0 amide bonds. The van der Waals surface area contributed by atoms with Gasteiger partial charge < -0.3 is 9.47 Å². The molecule has 0 heterocycles. The van der Waals surface area contributed by atoms with Crippen molar-refractivity contribution in [1.29, 1.82) is 0 Å². The molecule has 0 spiro atoms. The first kappa shape index (κ1) is 31.9. The quantitative estimate of drug-likeness (QED) is 0.125. The summed E-state index contributed by atoms with van der Waals surface area (Å²) in [5, 5.41) is 0. The van der Waals surface area contributed by atoms with E-state index in [1.165, 1.54) is 105 Å². The van der Waals surface area contributed by atoms with Crippen LogP contribution in [0.15, 0.2) is 72.8 Å². The third-order valence-electron chi connectivity index (χ3n) is 7.92. The van der Waals surface area contributed by atoms with E-state index in [-0.39, 0.29) is 6.10 Å². The monoisotopic (exact) mass is 542 g/mol. The lowest BCUT2D eigenvalue weighted by atomic mass is 9.94. The molecule has 0 N–H and O–H groups in total. The molecule has 0 aliphatic carbocycles. The molecule has 0 saturated carbocycles. The van der Waals surface area contributed by atoms with Gasteiger partial charge in [0, 0.05) is 6.61 Å². The highest BCUT2D eigenvalue weighted by Crippen LogP contribution is 2.33. The number of hydrogen-bond donors (Lipinski definition) is 0. The Morgan fingerprint density at radius 1 is 0.500 bits per heavy atom. The van der Waals surface area contributed by atoms with Gasteiger partial charge in [-0.2, -0.15) is 0 Å². The van der Waals surface area contributed by atoms with Gasteiger partial charge in [0.15, 0.2) is 0 Å². The van der Waals surface area contributed by atoms with Gasteiger partial charge in [0.25, 0.3) is 0 Å². The van der Waals surface area contributed by atoms with Crippen LogP contribution < -0.4 is 4.74 Å². The van der Waals surface area contributed by atoms with Crippen LogP contribution in [0.5, 0.6) is 5.75 Å². The third-order valence-corrected chi connectivity index (χ3v) is 7.92. The summed E-state index contributed by atoms with van der Waals surface area (Å²) in [4.78, 5) is 0. The minimum atomic E-state index is 0.124. The second-order valence-corrected chi connectivity index (χ2v) is 11.3. The number of rotatable bonds is 21. The molecule has 0 aromatic heterocycles. The van der Waals surface area contributed by atoms with Gasteiger partial charge in [-0.05, 0) is 59.7 Å². The molecule has 0 aliphatic rings. The van der Waals surface area contributed by atoms with Crippen molar-refractivity contribution in [3.8, 4) is 28.0 Å². The van der Waals surface area contributed by atoms with Crippen LogP contribution in [0.4, 0.5) is 0 Å². The highest BCUT2D eigenvalue weighted by Gasteiger charge is 2.10. The van der Waals surface area contributed by atoms with E-state index >= 15 is 0 Å². The maximum absolute atomic E-state index is 6.06. The zero-order valence-corrected chi connectivity index (χ0v) is 25.6. The van der Waals surface area contributed by atoms with Gasteiger partial charge >= 0.3 is 0 Å². The van der Waals surface area contributed by atoms with Crippen molar-refractivity contribution in [1.82, 2.24) is 0 Å². The molecule has 40 heavy (non-hydrogen) atoms. The molecular formula is C38H54O2.